The lowest BCUT2D eigenvalue weighted by molar-refractivity contribution is 0.397. The maximum atomic E-state index is 5.14. The average molecular weight is 241 g/mol. The lowest BCUT2D eigenvalue weighted by Gasteiger charge is -2.10. The smallest absolute Gasteiger partial charge is 0.216 e. The van der Waals surface area contributed by atoms with Gasteiger partial charge in [-0.25, -0.2) is 9.97 Å². The quantitative estimate of drug-likeness (QED) is 0.809. The van der Waals surface area contributed by atoms with Crippen molar-refractivity contribution in [2.45, 2.75) is 26.2 Å². The van der Waals surface area contributed by atoms with Gasteiger partial charge >= 0.3 is 0 Å². The highest BCUT2D eigenvalue weighted by Gasteiger charge is 2.18. The third kappa shape index (κ3) is 1.74. The van der Waals surface area contributed by atoms with Crippen molar-refractivity contribution in [3.05, 3.63) is 35.4 Å². The molecule has 0 spiro atoms. The van der Waals surface area contributed by atoms with E-state index in [0.29, 0.717) is 5.88 Å². The summed E-state index contributed by atoms with van der Waals surface area (Å²) in [6.45, 7) is 2.15. The molecule has 0 fully saturated rings. The van der Waals surface area contributed by atoms with E-state index in [-0.39, 0.29) is 0 Å². The number of pyridine rings is 1. The molecule has 0 saturated heterocycles. The Morgan fingerprint density at radius 3 is 2.89 bits per heavy atom. The molecule has 0 N–H and O–H groups in total. The van der Waals surface area contributed by atoms with Crippen LogP contribution in [0.25, 0.3) is 11.3 Å². The largest absolute Gasteiger partial charge is 0.481 e. The van der Waals surface area contributed by atoms with Gasteiger partial charge < -0.3 is 4.74 Å². The van der Waals surface area contributed by atoms with E-state index in [0.717, 1.165) is 24.1 Å². The fraction of sp³-hybridized carbons (Fsp3) is 0.357. The Morgan fingerprint density at radius 2 is 2.06 bits per heavy atom. The van der Waals surface area contributed by atoms with Gasteiger partial charge in [-0.05, 0) is 37.3 Å². The van der Waals surface area contributed by atoms with Gasteiger partial charge in [-0.2, -0.15) is 0 Å². The lowest BCUT2D eigenvalue weighted by atomic mass is 10.0. The number of fused-ring (bicyclic) bond motifs is 1. The number of hydrogen-bond donors (Lipinski definition) is 0. The van der Waals surface area contributed by atoms with E-state index in [1.165, 1.54) is 29.6 Å². The topological polar surface area (TPSA) is 47.9 Å². The van der Waals surface area contributed by atoms with Gasteiger partial charge in [-0.15, -0.1) is 0 Å². The van der Waals surface area contributed by atoms with Crippen LogP contribution in [0.3, 0.4) is 0 Å². The van der Waals surface area contributed by atoms with Crippen LogP contribution in [0.5, 0.6) is 5.88 Å². The van der Waals surface area contributed by atoms with Crippen LogP contribution in [-0.2, 0) is 12.8 Å². The molecular weight excluding hydrogens is 226 g/mol. The predicted molar refractivity (Wildman–Crippen MR) is 68.6 cm³/mol. The van der Waals surface area contributed by atoms with Crippen LogP contribution in [0.4, 0.5) is 0 Å². The third-order valence-electron chi connectivity index (χ3n) is 3.52. The zero-order valence-electron chi connectivity index (χ0n) is 10.6. The highest BCUT2D eigenvalue weighted by atomic mass is 16.5. The van der Waals surface area contributed by atoms with Gasteiger partial charge in [0.2, 0.25) is 5.88 Å². The first-order chi connectivity index (χ1) is 8.79. The molecule has 2 heterocycles. The van der Waals surface area contributed by atoms with E-state index in [2.05, 4.69) is 21.9 Å². The molecule has 0 aliphatic heterocycles. The van der Waals surface area contributed by atoms with Crippen molar-refractivity contribution in [1.29, 1.82) is 0 Å². The zero-order valence-corrected chi connectivity index (χ0v) is 10.6. The third-order valence-corrected chi connectivity index (χ3v) is 3.52. The molecule has 0 bridgehead atoms. The highest BCUT2D eigenvalue weighted by Crippen LogP contribution is 2.30. The van der Waals surface area contributed by atoms with Crippen LogP contribution < -0.4 is 4.74 Å². The first-order valence-corrected chi connectivity index (χ1v) is 6.13. The van der Waals surface area contributed by atoms with Gasteiger partial charge in [0.1, 0.15) is 6.33 Å². The summed E-state index contributed by atoms with van der Waals surface area (Å²) in [6, 6.07) is 1.85. The Morgan fingerprint density at radius 1 is 1.17 bits per heavy atom. The average Bonchev–Trinajstić information content (AvgIpc) is 2.88. The van der Waals surface area contributed by atoms with Crippen molar-refractivity contribution in [3.8, 4) is 17.1 Å². The summed E-state index contributed by atoms with van der Waals surface area (Å²) >= 11 is 0. The van der Waals surface area contributed by atoms with Gasteiger partial charge in [0.15, 0.2) is 0 Å². The van der Waals surface area contributed by atoms with Gasteiger partial charge in [0, 0.05) is 23.5 Å². The summed E-state index contributed by atoms with van der Waals surface area (Å²) in [7, 11) is 1.61. The molecule has 2 aromatic rings. The number of hydrogen-bond acceptors (Lipinski definition) is 4. The molecule has 3 rings (SSSR count). The monoisotopic (exact) mass is 241 g/mol. The predicted octanol–water partition coefficient (Wildman–Crippen LogP) is 2.34. The number of aromatic nitrogens is 3. The second-order valence-corrected chi connectivity index (χ2v) is 4.52. The number of methoxy groups -OCH3 is 1. The first-order valence-electron chi connectivity index (χ1n) is 6.13. The lowest BCUT2D eigenvalue weighted by Crippen LogP contribution is -1.97. The van der Waals surface area contributed by atoms with Crippen LogP contribution in [-0.4, -0.2) is 22.1 Å². The Bertz CT molecular complexity index is 596. The molecule has 18 heavy (non-hydrogen) atoms. The molecular formula is C14H15N3O. The molecule has 1 aliphatic rings. The number of aryl methyl sites for hydroxylation is 1. The van der Waals surface area contributed by atoms with Gasteiger partial charge in [0.25, 0.3) is 0 Å². The van der Waals surface area contributed by atoms with Gasteiger partial charge in [0.05, 0.1) is 12.8 Å². The first kappa shape index (κ1) is 11.1. The molecule has 92 valence electrons. The molecule has 4 nitrogen and oxygen atoms in total. The fourth-order valence-electron chi connectivity index (χ4n) is 2.53. The van der Waals surface area contributed by atoms with Crippen molar-refractivity contribution < 1.29 is 4.74 Å². The van der Waals surface area contributed by atoms with Crippen molar-refractivity contribution in [3.63, 3.8) is 0 Å². The zero-order chi connectivity index (χ0) is 12.5. The fourth-order valence-corrected chi connectivity index (χ4v) is 2.53. The summed E-state index contributed by atoms with van der Waals surface area (Å²) in [4.78, 5) is 12.9. The van der Waals surface area contributed by atoms with E-state index in [1.807, 2.05) is 12.3 Å². The highest BCUT2D eigenvalue weighted by molar-refractivity contribution is 5.65. The standard InChI is InChI=1S/C14H15N3O/c1-9-10-4-3-5-12(10)15-7-11(9)13-6-14(18-2)17-8-16-13/h6-8H,3-5H2,1-2H3. The second kappa shape index (κ2) is 4.37. The molecule has 4 heteroatoms. The van der Waals surface area contributed by atoms with E-state index in [4.69, 9.17) is 4.74 Å². The molecule has 0 saturated carbocycles. The Balaban J connectivity index is 2.11. The molecule has 0 radical (unpaired) electrons. The summed E-state index contributed by atoms with van der Waals surface area (Å²) in [5.74, 6) is 0.583. The minimum absolute atomic E-state index is 0.583. The number of rotatable bonds is 2. The minimum atomic E-state index is 0.583. The summed E-state index contributed by atoms with van der Waals surface area (Å²) in [5, 5.41) is 0. The number of nitrogens with zero attached hydrogens (tertiary/aromatic N) is 3. The van der Waals surface area contributed by atoms with E-state index < -0.39 is 0 Å². The molecule has 0 unspecified atom stereocenters. The molecule has 0 amide bonds. The van der Waals surface area contributed by atoms with Crippen LogP contribution >= 0.6 is 0 Å². The van der Waals surface area contributed by atoms with Crippen molar-refractivity contribution >= 4 is 0 Å². The molecule has 0 atom stereocenters. The molecule has 0 aromatic carbocycles. The minimum Gasteiger partial charge on any atom is -0.481 e. The van der Waals surface area contributed by atoms with E-state index in [1.54, 1.807) is 7.11 Å². The number of ether oxygens (including phenoxy) is 1. The second-order valence-electron chi connectivity index (χ2n) is 4.52. The van der Waals surface area contributed by atoms with Gasteiger partial charge in [-0.3, -0.25) is 4.98 Å². The van der Waals surface area contributed by atoms with Crippen molar-refractivity contribution in [2.24, 2.45) is 0 Å². The Hall–Kier alpha value is -1.97. The normalized spacial score (nSPS) is 13.4. The van der Waals surface area contributed by atoms with Crippen LogP contribution in [0.15, 0.2) is 18.6 Å². The maximum absolute atomic E-state index is 5.14. The van der Waals surface area contributed by atoms with E-state index >= 15 is 0 Å². The maximum Gasteiger partial charge on any atom is 0.216 e. The van der Waals surface area contributed by atoms with Crippen molar-refractivity contribution in [2.75, 3.05) is 7.11 Å². The SMILES string of the molecule is COc1cc(-c2cnc3c(c2C)CCC3)ncn1. The Kier molecular flexibility index (Phi) is 2.70. The summed E-state index contributed by atoms with van der Waals surface area (Å²) < 4.78 is 5.14. The van der Waals surface area contributed by atoms with Crippen LogP contribution in [0.2, 0.25) is 0 Å². The van der Waals surface area contributed by atoms with E-state index in [9.17, 15) is 0 Å². The Labute approximate surface area is 106 Å². The van der Waals surface area contributed by atoms with Crippen LogP contribution in [0, 0.1) is 6.92 Å². The van der Waals surface area contributed by atoms with Gasteiger partial charge in [-0.1, -0.05) is 0 Å². The van der Waals surface area contributed by atoms with Crippen LogP contribution in [0.1, 0.15) is 23.2 Å². The summed E-state index contributed by atoms with van der Waals surface area (Å²) in [6.07, 6.45) is 6.88. The summed E-state index contributed by atoms with van der Waals surface area (Å²) in [5.41, 5.74) is 5.89. The molecule has 1 aliphatic carbocycles. The molecule has 2 aromatic heterocycles. The van der Waals surface area contributed by atoms with Crippen molar-refractivity contribution in [1.82, 2.24) is 15.0 Å².